The minimum Gasteiger partial charge on any atom is -0.494 e. The first-order valence-electron chi connectivity index (χ1n) is 2.83. The molecule has 0 saturated heterocycles. The van der Waals surface area contributed by atoms with E-state index in [1.165, 1.54) is 13.2 Å². The lowest BCUT2D eigenvalue weighted by Gasteiger charge is -2.01. The molecule has 4 heteroatoms. The summed E-state index contributed by atoms with van der Waals surface area (Å²) in [7, 11) is 1.24. The number of halogens is 3. The van der Waals surface area contributed by atoms with Gasteiger partial charge in [-0.25, -0.2) is 4.39 Å². The lowest BCUT2D eigenvalue weighted by Crippen LogP contribution is -1.91. The lowest BCUT2D eigenvalue weighted by molar-refractivity contribution is 0.372. The summed E-state index contributed by atoms with van der Waals surface area (Å²) < 4.78 is 29.6. The summed E-state index contributed by atoms with van der Waals surface area (Å²) in [6.07, 6.45) is 0. The summed E-state index contributed by atoms with van der Waals surface area (Å²) in [6.45, 7) is 0. The van der Waals surface area contributed by atoms with Crippen molar-refractivity contribution in [1.82, 2.24) is 0 Å². The van der Waals surface area contributed by atoms with Crippen molar-refractivity contribution >= 4 is 11.6 Å². The Morgan fingerprint density at radius 2 is 2.00 bits per heavy atom. The summed E-state index contributed by atoms with van der Waals surface area (Å²) in [4.78, 5) is 0. The van der Waals surface area contributed by atoms with Crippen molar-refractivity contribution in [3.05, 3.63) is 28.8 Å². The molecule has 0 aliphatic carbocycles. The molecule has 0 aromatic heterocycles. The Morgan fingerprint density at radius 1 is 1.36 bits per heavy atom. The van der Waals surface area contributed by atoms with Crippen LogP contribution < -0.4 is 4.74 Å². The van der Waals surface area contributed by atoms with Gasteiger partial charge in [-0.15, -0.1) is 0 Å². The monoisotopic (exact) mass is 178 g/mol. The Labute approximate surface area is 67.5 Å². The van der Waals surface area contributed by atoms with E-state index in [-0.39, 0.29) is 10.8 Å². The summed E-state index contributed by atoms with van der Waals surface area (Å²) in [5.41, 5.74) is 0. The predicted octanol–water partition coefficient (Wildman–Crippen LogP) is 2.63. The SMILES string of the molecule is COc1cc(Cl)cc(F)c1F. The van der Waals surface area contributed by atoms with E-state index in [0.29, 0.717) is 0 Å². The molecule has 0 atom stereocenters. The number of hydrogen-bond donors (Lipinski definition) is 0. The highest BCUT2D eigenvalue weighted by Gasteiger charge is 2.09. The van der Waals surface area contributed by atoms with Crippen LogP contribution >= 0.6 is 11.6 Å². The number of methoxy groups -OCH3 is 1. The van der Waals surface area contributed by atoms with Crippen molar-refractivity contribution < 1.29 is 13.5 Å². The summed E-state index contributed by atoms with van der Waals surface area (Å²) in [5.74, 6) is -2.21. The minimum absolute atomic E-state index is 0.112. The minimum atomic E-state index is -1.02. The molecule has 11 heavy (non-hydrogen) atoms. The molecule has 0 unspecified atom stereocenters. The average Bonchev–Trinajstić information content (AvgIpc) is 1.96. The molecule has 0 aliphatic heterocycles. The van der Waals surface area contributed by atoms with E-state index in [1.54, 1.807) is 0 Å². The van der Waals surface area contributed by atoms with E-state index in [1.807, 2.05) is 0 Å². The van der Waals surface area contributed by atoms with Crippen LogP contribution in [-0.4, -0.2) is 7.11 Å². The molecule has 60 valence electrons. The maximum Gasteiger partial charge on any atom is 0.200 e. The summed E-state index contributed by atoms with van der Waals surface area (Å²) in [6, 6.07) is 2.10. The summed E-state index contributed by atoms with van der Waals surface area (Å²) in [5, 5.41) is 0.112. The van der Waals surface area contributed by atoms with Crippen molar-refractivity contribution in [2.24, 2.45) is 0 Å². The second-order valence-corrected chi connectivity index (χ2v) is 2.34. The largest absolute Gasteiger partial charge is 0.494 e. The fourth-order valence-electron chi connectivity index (χ4n) is 0.681. The van der Waals surface area contributed by atoms with Crippen molar-refractivity contribution in [3.8, 4) is 5.75 Å². The van der Waals surface area contributed by atoms with E-state index >= 15 is 0 Å². The topological polar surface area (TPSA) is 9.23 Å². The Balaban J connectivity index is 3.24. The van der Waals surface area contributed by atoms with E-state index in [9.17, 15) is 8.78 Å². The molecule has 0 heterocycles. The molecule has 0 amide bonds. The number of rotatable bonds is 1. The zero-order chi connectivity index (χ0) is 8.43. The highest BCUT2D eigenvalue weighted by molar-refractivity contribution is 6.30. The number of hydrogen-bond acceptors (Lipinski definition) is 1. The highest BCUT2D eigenvalue weighted by Crippen LogP contribution is 2.24. The van der Waals surface area contributed by atoms with Gasteiger partial charge >= 0.3 is 0 Å². The quantitative estimate of drug-likeness (QED) is 0.601. The van der Waals surface area contributed by atoms with Gasteiger partial charge in [0.1, 0.15) is 0 Å². The van der Waals surface area contributed by atoms with E-state index in [0.717, 1.165) is 6.07 Å². The van der Waals surface area contributed by atoms with Crippen LogP contribution in [0.15, 0.2) is 12.1 Å². The van der Waals surface area contributed by atoms with E-state index < -0.39 is 11.6 Å². The van der Waals surface area contributed by atoms with Gasteiger partial charge in [0.25, 0.3) is 0 Å². The van der Waals surface area contributed by atoms with Crippen LogP contribution in [0.5, 0.6) is 5.75 Å². The van der Waals surface area contributed by atoms with Gasteiger partial charge in [0.15, 0.2) is 11.6 Å². The van der Waals surface area contributed by atoms with Gasteiger partial charge in [-0.3, -0.25) is 0 Å². The molecule has 0 N–H and O–H groups in total. The average molecular weight is 179 g/mol. The van der Waals surface area contributed by atoms with Crippen LogP contribution in [0.3, 0.4) is 0 Å². The first-order chi connectivity index (χ1) is 5.15. The maximum atomic E-state index is 12.6. The van der Waals surface area contributed by atoms with Crippen LogP contribution in [0.25, 0.3) is 0 Å². The number of benzene rings is 1. The van der Waals surface area contributed by atoms with Gasteiger partial charge in [0.05, 0.1) is 7.11 Å². The fourth-order valence-corrected chi connectivity index (χ4v) is 0.876. The predicted molar refractivity (Wildman–Crippen MR) is 37.9 cm³/mol. The van der Waals surface area contributed by atoms with Crippen molar-refractivity contribution in [2.75, 3.05) is 7.11 Å². The van der Waals surface area contributed by atoms with Crippen molar-refractivity contribution in [2.45, 2.75) is 0 Å². The maximum absolute atomic E-state index is 12.6. The first-order valence-corrected chi connectivity index (χ1v) is 3.21. The molecule has 1 aromatic carbocycles. The van der Waals surface area contributed by atoms with Crippen LogP contribution in [0.2, 0.25) is 5.02 Å². The zero-order valence-corrected chi connectivity index (χ0v) is 6.45. The molecule has 0 aliphatic rings. The smallest absolute Gasteiger partial charge is 0.200 e. The fraction of sp³-hybridized carbons (Fsp3) is 0.143. The van der Waals surface area contributed by atoms with Crippen LogP contribution in [0.1, 0.15) is 0 Å². The second kappa shape index (κ2) is 3.05. The lowest BCUT2D eigenvalue weighted by atomic mass is 10.3. The Bertz CT molecular complexity index is 275. The first kappa shape index (κ1) is 8.27. The highest BCUT2D eigenvalue weighted by atomic mass is 35.5. The van der Waals surface area contributed by atoms with Gasteiger partial charge in [-0.1, -0.05) is 11.6 Å². The molecule has 1 aromatic rings. The molecule has 1 rings (SSSR count). The molecule has 0 fully saturated rings. The van der Waals surface area contributed by atoms with Crippen LogP contribution in [0.4, 0.5) is 8.78 Å². The van der Waals surface area contributed by atoms with Gasteiger partial charge in [0, 0.05) is 11.1 Å². The van der Waals surface area contributed by atoms with E-state index in [4.69, 9.17) is 11.6 Å². The molecule has 1 nitrogen and oxygen atoms in total. The molecule has 0 spiro atoms. The van der Waals surface area contributed by atoms with Crippen molar-refractivity contribution in [1.29, 1.82) is 0 Å². The Hall–Kier alpha value is -0.830. The molecule has 0 radical (unpaired) electrons. The van der Waals surface area contributed by atoms with Gasteiger partial charge in [0.2, 0.25) is 5.82 Å². The Kier molecular flexibility index (Phi) is 2.29. The molecule has 0 bridgehead atoms. The molecular formula is C7H5ClF2O. The van der Waals surface area contributed by atoms with Crippen LogP contribution in [-0.2, 0) is 0 Å². The third kappa shape index (κ3) is 1.60. The van der Waals surface area contributed by atoms with Gasteiger partial charge in [-0.2, -0.15) is 4.39 Å². The molecule has 0 saturated carbocycles. The van der Waals surface area contributed by atoms with E-state index in [2.05, 4.69) is 4.74 Å². The van der Waals surface area contributed by atoms with Crippen molar-refractivity contribution in [3.63, 3.8) is 0 Å². The standard InChI is InChI=1S/C7H5ClF2O/c1-11-6-3-4(8)2-5(9)7(6)10/h2-3H,1H3. The van der Waals surface area contributed by atoms with Gasteiger partial charge < -0.3 is 4.74 Å². The van der Waals surface area contributed by atoms with Crippen LogP contribution in [0, 0.1) is 11.6 Å². The third-order valence-electron chi connectivity index (χ3n) is 1.18. The second-order valence-electron chi connectivity index (χ2n) is 1.90. The normalized spacial score (nSPS) is 9.82. The third-order valence-corrected chi connectivity index (χ3v) is 1.40. The Morgan fingerprint density at radius 3 is 2.55 bits per heavy atom. The molecular weight excluding hydrogens is 174 g/mol. The number of ether oxygens (including phenoxy) is 1. The summed E-state index contributed by atoms with van der Waals surface area (Å²) >= 11 is 5.41. The zero-order valence-electron chi connectivity index (χ0n) is 5.70. The van der Waals surface area contributed by atoms with Gasteiger partial charge in [-0.05, 0) is 6.07 Å².